The molecule has 1 heterocycles. The molecule has 0 radical (unpaired) electrons. The number of alkyl halides is 1. The van der Waals surface area contributed by atoms with E-state index in [1.54, 1.807) is 6.07 Å². The minimum Gasteiger partial charge on any atom is -0.465 e. The zero-order chi connectivity index (χ0) is 14.5. The van der Waals surface area contributed by atoms with Gasteiger partial charge in [0.25, 0.3) is 0 Å². The normalized spacial score (nSPS) is 10.3. The molecule has 0 aliphatic rings. The van der Waals surface area contributed by atoms with Crippen LogP contribution < -0.4 is 0 Å². The third-order valence-electron chi connectivity index (χ3n) is 2.85. The third kappa shape index (κ3) is 3.58. The molecule has 104 valence electrons. The molecule has 1 aromatic heterocycles. The summed E-state index contributed by atoms with van der Waals surface area (Å²) in [6, 6.07) is 11.2. The number of hydrogen-bond acceptors (Lipinski definition) is 3. The number of carbonyl (C=O) groups excluding carboxylic acids is 1. The minimum atomic E-state index is -0.425. The van der Waals surface area contributed by atoms with Gasteiger partial charge in [-0.2, -0.15) is 0 Å². The molecule has 0 aliphatic heterocycles. The summed E-state index contributed by atoms with van der Waals surface area (Å²) in [5.41, 5.74) is 3.20. The Morgan fingerprint density at radius 2 is 2.00 bits per heavy atom. The van der Waals surface area contributed by atoms with Gasteiger partial charge < -0.3 is 4.74 Å². The SMILES string of the molecule is COC(=O)c1cc(Cl)nc(-c2ccc(CCBr)cc2)c1. The number of nitrogens with zero attached hydrogens (tertiary/aromatic N) is 1. The topological polar surface area (TPSA) is 39.2 Å². The van der Waals surface area contributed by atoms with Crippen LogP contribution in [0.15, 0.2) is 36.4 Å². The highest BCUT2D eigenvalue weighted by Gasteiger charge is 2.10. The molecular weight excluding hydrogens is 342 g/mol. The van der Waals surface area contributed by atoms with Crippen LogP contribution in [0.1, 0.15) is 15.9 Å². The van der Waals surface area contributed by atoms with Crippen molar-refractivity contribution in [3.8, 4) is 11.3 Å². The number of aromatic nitrogens is 1. The van der Waals surface area contributed by atoms with Crippen molar-refractivity contribution < 1.29 is 9.53 Å². The second kappa shape index (κ2) is 6.86. The van der Waals surface area contributed by atoms with Crippen LogP contribution in [0.4, 0.5) is 0 Å². The number of aryl methyl sites for hydroxylation is 1. The zero-order valence-electron chi connectivity index (χ0n) is 10.9. The van der Waals surface area contributed by atoms with E-state index in [9.17, 15) is 4.79 Å². The van der Waals surface area contributed by atoms with E-state index in [0.717, 1.165) is 17.3 Å². The van der Waals surface area contributed by atoms with E-state index in [1.807, 2.05) is 24.3 Å². The number of methoxy groups -OCH3 is 1. The summed E-state index contributed by atoms with van der Waals surface area (Å²) in [5, 5.41) is 1.20. The van der Waals surface area contributed by atoms with Gasteiger partial charge in [0.05, 0.1) is 18.4 Å². The molecule has 0 aliphatic carbocycles. The summed E-state index contributed by atoms with van der Waals surface area (Å²) >= 11 is 9.37. The monoisotopic (exact) mass is 353 g/mol. The van der Waals surface area contributed by atoms with Crippen molar-refractivity contribution in [2.75, 3.05) is 12.4 Å². The lowest BCUT2D eigenvalue weighted by atomic mass is 10.1. The van der Waals surface area contributed by atoms with E-state index in [1.165, 1.54) is 18.7 Å². The Labute approximate surface area is 131 Å². The Bertz CT molecular complexity index is 614. The van der Waals surface area contributed by atoms with Crippen LogP contribution in [0.3, 0.4) is 0 Å². The van der Waals surface area contributed by atoms with Crippen LogP contribution in [-0.2, 0) is 11.2 Å². The summed E-state index contributed by atoms with van der Waals surface area (Å²) in [4.78, 5) is 15.8. The molecule has 2 rings (SSSR count). The molecule has 0 atom stereocenters. The van der Waals surface area contributed by atoms with Crippen LogP contribution in [0.25, 0.3) is 11.3 Å². The maximum atomic E-state index is 11.6. The largest absolute Gasteiger partial charge is 0.465 e. The summed E-state index contributed by atoms with van der Waals surface area (Å²) in [6.07, 6.45) is 0.969. The summed E-state index contributed by atoms with van der Waals surface area (Å²) in [7, 11) is 1.34. The van der Waals surface area contributed by atoms with Crippen LogP contribution in [0, 0.1) is 0 Å². The predicted octanol–water partition coefficient (Wildman–Crippen LogP) is 4.13. The van der Waals surface area contributed by atoms with Crippen LogP contribution in [0.5, 0.6) is 0 Å². The average molecular weight is 355 g/mol. The summed E-state index contributed by atoms with van der Waals surface area (Å²) < 4.78 is 4.70. The van der Waals surface area contributed by atoms with Crippen molar-refractivity contribution >= 4 is 33.5 Å². The molecule has 0 saturated heterocycles. The van der Waals surface area contributed by atoms with Gasteiger partial charge in [0, 0.05) is 10.9 Å². The standard InChI is InChI=1S/C15H13BrClNO2/c1-20-15(19)12-8-13(18-14(17)9-12)11-4-2-10(3-5-11)6-7-16/h2-5,8-9H,6-7H2,1H3. The maximum Gasteiger partial charge on any atom is 0.338 e. The van der Waals surface area contributed by atoms with Crippen LogP contribution in [0.2, 0.25) is 5.15 Å². The van der Waals surface area contributed by atoms with E-state index in [4.69, 9.17) is 16.3 Å². The third-order valence-corrected chi connectivity index (χ3v) is 3.44. The molecule has 0 amide bonds. The number of pyridine rings is 1. The highest BCUT2D eigenvalue weighted by atomic mass is 79.9. The molecule has 1 aromatic carbocycles. The Balaban J connectivity index is 2.36. The van der Waals surface area contributed by atoms with Gasteiger partial charge in [0.1, 0.15) is 5.15 Å². The molecule has 3 nitrogen and oxygen atoms in total. The number of rotatable bonds is 4. The van der Waals surface area contributed by atoms with E-state index in [2.05, 4.69) is 20.9 Å². The molecule has 0 N–H and O–H groups in total. The second-order valence-electron chi connectivity index (χ2n) is 4.19. The van der Waals surface area contributed by atoms with Gasteiger partial charge in [-0.3, -0.25) is 0 Å². The fourth-order valence-electron chi connectivity index (χ4n) is 1.83. The number of ether oxygens (including phenoxy) is 1. The van der Waals surface area contributed by atoms with Gasteiger partial charge in [0.15, 0.2) is 0 Å². The van der Waals surface area contributed by atoms with Gasteiger partial charge in [0.2, 0.25) is 0 Å². The minimum absolute atomic E-state index is 0.271. The Morgan fingerprint density at radius 1 is 1.30 bits per heavy atom. The Morgan fingerprint density at radius 3 is 2.60 bits per heavy atom. The van der Waals surface area contributed by atoms with Crippen molar-refractivity contribution in [2.24, 2.45) is 0 Å². The number of esters is 1. The summed E-state index contributed by atoms with van der Waals surface area (Å²) in [6.45, 7) is 0. The lowest BCUT2D eigenvalue weighted by Crippen LogP contribution is -2.02. The van der Waals surface area contributed by atoms with E-state index in [-0.39, 0.29) is 5.15 Å². The number of benzene rings is 1. The fraction of sp³-hybridized carbons (Fsp3) is 0.200. The summed E-state index contributed by atoms with van der Waals surface area (Å²) in [5.74, 6) is -0.425. The Kier molecular flexibility index (Phi) is 5.15. The van der Waals surface area contributed by atoms with Crippen molar-refractivity contribution in [3.63, 3.8) is 0 Å². The van der Waals surface area contributed by atoms with Crippen molar-refractivity contribution in [1.29, 1.82) is 0 Å². The smallest absolute Gasteiger partial charge is 0.338 e. The zero-order valence-corrected chi connectivity index (χ0v) is 13.2. The van der Waals surface area contributed by atoms with Gasteiger partial charge >= 0.3 is 5.97 Å². The van der Waals surface area contributed by atoms with Gasteiger partial charge in [-0.1, -0.05) is 51.8 Å². The molecule has 0 fully saturated rings. The predicted molar refractivity (Wildman–Crippen MR) is 83.5 cm³/mol. The van der Waals surface area contributed by atoms with Gasteiger partial charge in [-0.05, 0) is 24.1 Å². The first-order valence-corrected chi connectivity index (χ1v) is 7.55. The number of carbonyl (C=O) groups is 1. The molecule has 20 heavy (non-hydrogen) atoms. The van der Waals surface area contributed by atoms with Crippen molar-refractivity contribution in [3.05, 3.63) is 52.7 Å². The van der Waals surface area contributed by atoms with Gasteiger partial charge in [-0.25, -0.2) is 9.78 Å². The first-order chi connectivity index (χ1) is 9.63. The van der Waals surface area contributed by atoms with Crippen molar-refractivity contribution in [2.45, 2.75) is 6.42 Å². The Hall–Kier alpha value is -1.39. The first kappa shape index (κ1) is 15.0. The fourth-order valence-corrected chi connectivity index (χ4v) is 2.50. The maximum absolute atomic E-state index is 11.6. The van der Waals surface area contributed by atoms with Gasteiger partial charge in [-0.15, -0.1) is 0 Å². The molecule has 2 aromatic rings. The van der Waals surface area contributed by atoms with E-state index < -0.39 is 5.97 Å². The number of hydrogen-bond donors (Lipinski definition) is 0. The molecule has 5 heteroatoms. The van der Waals surface area contributed by atoms with E-state index in [0.29, 0.717) is 11.3 Å². The molecular formula is C15H13BrClNO2. The molecule has 0 bridgehead atoms. The molecule has 0 spiro atoms. The van der Waals surface area contributed by atoms with Crippen LogP contribution in [-0.4, -0.2) is 23.4 Å². The number of halogens is 2. The van der Waals surface area contributed by atoms with Crippen molar-refractivity contribution in [1.82, 2.24) is 4.98 Å². The highest BCUT2D eigenvalue weighted by Crippen LogP contribution is 2.22. The molecule has 0 unspecified atom stereocenters. The van der Waals surface area contributed by atoms with Crippen LogP contribution >= 0.6 is 27.5 Å². The quantitative estimate of drug-likeness (QED) is 0.471. The first-order valence-electron chi connectivity index (χ1n) is 6.05. The highest BCUT2D eigenvalue weighted by molar-refractivity contribution is 9.09. The lowest BCUT2D eigenvalue weighted by Gasteiger charge is -2.06. The second-order valence-corrected chi connectivity index (χ2v) is 5.37. The molecule has 0 saturated carbocycles. The van der Waals surface area contributed by atoms with E-state index >= 15 is 0 Å². The lowest BCUT2D eigenvalue weighted by molar-refractivity contribution is 0.0600. The average Bonchev–Trinajstić information content (AvgIpc) is 2.47.